The zero-order valence-electron chi connectivity index (χ0n) is 18.3. The molecule has 2 aliphatic rings. The number of benzene rings is 1. The maximum atomic E-state index is 15.5. The van der Waals surface area contributed by atoms with Crippen molar-refractivity contribution < 1.29 is 31.8 Å². The fourth-order valence-corrected chi connectivity index (χ4v) is 4.24. The number of nitrogens with zero attached hydrogens (tertiary/aromatic N) is 3. The molecule has 0 spiro atoms. The number of anilines is 2. The van der Waals surface area contributed by atoms with Crippen LogP contribution in [-0.4, -0.2) is 55.4 Å². The third-order valence-corrected chi connectivity index (χ3v) is 6.36. The van der Waals surface area contributed by atoms with Gasteiger partial charge in [0.15, 0.2) is 11.6 Å². The molecule has 1 amide bonds. The van der Waals surface area contributed by atoms with E-state index in [9.17, 15) is 18.0 Å². The van der Waals surface area contributed by atoms with Gasteiger partial charge in [-0.25, -0.2) is 9.97 Å². The number of hydrogen-bond donors (Lipinski definition) is 2. The van der Waals surface area contributed by atoms with Gasteiger partial charge in [0.05, 0.1) is 30.2 Å². The first-order chi connectivity index (χ1) is 16.2. The fraction of sp³-hybridized carbons (Fsp3) is 0.500. The summed E-state index contributed by atoms with van der Waals surface area (Å²) >= 11 is 0. The Morgan fingerprint density at radius 3 is 2.50 bits per heavy atom. The minimum atomic E-state index is -4.45. The van der Waals surface area contributed by atoms with E-state index in [4.69, 9.17) is 15.2 Å². The van der Waals surface area contributed by atoms with Gasteiger partial charge in [-0.2, -0.15) is 17.6 Å². The zero-order valence-corrected chi connectivity index (χ0v) is 18.3. The van der Waals surface area contributed by atoms with E-state index >= 15 is 4.39 Å². The Morgan fingerprint density at radius 1 is 1.15 bits per heavy atom. The molecule has 0 bridgehead atoms. The van der Waals surface area contributed by atoms with E-state index < -0.39 is 34.9 Å². The van der Waals surface area contributed by atoms with Gasteiger partial charge >= 0.3 is 6.18 Å². The van der Waals surface area contributed by atoms with Crippen molar-refractivity contribution in [2.45, 2.75) is 25.1 Å². The Hall–Kier alpha value is -2.99. The lowest BCUT2D eigenvalue weighted by Gasteiger charge is -2.37. The summed E-state index contributed by atoms with van der Waals surface area (Å²) in [4.78, 5) is 21.8. The maximum Gasteiger partial charge on any atom is 0.416 e. The Balaban J connectivity index is 1.57. The first-order valence-electron chi connectivity index (χ1n) is 10.8. The molecule has 4 rings (SSSR count). The Labute approximate surface area is 193 Å². The molecule has 2 aromatic rings. The normalized spacial score (nSPS) is 20.7. The summed E-state index contributed by atoms with van der Waals surface area (Å²) in [5, 5.41) is 2.90. The number of aromatic nitrogens is 2. The topological polar surface area (TPSA) is 103 Å². The summed E-state index contributed by atoms with van der Waals surface area (Å²) < 4.78 is 65.1. The highest BCUT2D eigenvalue weighted by molar-refractivity contribution is 5.81. The van der Waals surface area contributed by atoms with Crippen LogP contribution in [0.4, 0.5) is 29.2 Å². The standard InChI is InChI=1S/C22H25F4N5O3/c23-17-18(28-12-21(20(27)32)5-8-33-9-6-21)29-13-30-19(17)31-7-10-34-11-16(31)14-1-3-15(4-2-14)22(24,25)26/h1-4,13,16H,5-12H2,(H2,27,32)(H,28,29,30)/t16-/m1/s1. The molecule has 12 heteroatoms. The minimum absolute atomic E-state index is 0.00852. The van der Waals surface area contributed by atoms with Crippen molar-refractivity contribution in [3.63, 3.8) is 0 Å². The average molecular weight is 483 g/mol. The lowest BCUT2D eigenvalue weighted by Crippen LogP contribution is -2.46. The molecule has 3 N–H and O–H groups in total. The number of hydrogen-bond acceptors (Lipinski definition) is 7. The summed E-state index contributed by atoms with van der Waals surface area (Å²) in [7, 11) is 0. The van der Waals surface area contributed by atoms with E-state index in [0.29, 0.717) is 38.2 Å². The third kappa shape index (κ3) is 4.92. The molecule has 1 aromatic heterocycles. The summed E-state index contributed by atoms with van der Waals surface area (Å²) in [5.41, 5.74) is 4.51. The summed E-state index contributed by atoms with van der Waals surface area (Å²) in [6.45, 7) is 1.58. The fourth-order valence-electron chi connectivity index (χ4n) is 4.24. The number of halogens is 4. The maximum absolute atomic E-state index is 15.5. The molecule has 0 unspecified atom stereocenters. The molecule has 1 aromatic carbocycles. The molecule has 184 valence electrons. The van der Waals surface area contributed by atoms with E-state index in [1.54, 1.807) is 4.90 Å². The molecular formula is C22H25F4N5O3. The van der Waals surface area contributed by atoms with Crippen molar-refractivity contribution in [1.82, 2.24) is 9.97 Å². The molecule has 0 saturated carbocycles. The largest absolute Gasteiger partial charge is 0.416 e. The van der Waals surface area contributed by atoms with Crippen molar-refractivity contribution in [3.05, 3.63) is 47.5 Å². The van der Waals surface area contributed by atoms with Crippen molar-refractivity contribution >= 4 is 17.5 Å². The minimum Gasteiger partial charge on any atom is -0.381 e. The van der Waals surface area contributed by atoms with Crippen LogP contribution in [0.2, 0.25) is 0 Å². The van der Waals surface area contributed by atoms with Gasteiger partial charge in [0, 0.05) is 26.3 Å². The molecule has 8 nitrogen and oxygen atoms in total. The average Bonchev–Trinajstić information content (AvgIpc) is 2.83. The number of carbonyl (C=O) groups excluding carboxylic acids is 1. The predicted molar refractivity (Wildman–Crippen MR) is 115 cm³/mol. The highest BCUT2D eigenvalue weighted by Crippen LogP contribution is 2.35. The van der Waals surface area contributed by atoms with E-state index in [0.717, 1.165) is 12.1 Å². The van der Waals surface area contributed by atoms with Gasteiger partial charge in [0.25, 0.3) is 0 Å². The Bertz CT molecular complexity index is 1010. The van der Waals surface area contributed by atoms with E-state index in [1.165, 1.54) is 18.5 Å². The smallest absolute Gasteiger partial charge is 0.381 e. The van der Waals surface area contributed by atoms with Crippen LogP contribution in [0.25, 0.3) is 0 Å². The number of rotatable bonds is 6. The highest BCUT2D eigenvalue weighted by Gasteiger charge is 2.39. The van der Waals surface area contributed by atoms with Gasteiger partial charge in [-0.15, -0.1) is 0 Å². The van der Waals surface area contributed by atoms with E-state index in [1.807, 2.05) is 0 Å². The molecule has 1 atom stereocenters. The predicted octanol–water partition coefficient (Wildman–Crippen LogP) is 2.91. The number of ether oxygens (including phenoxy) is 2. The molecule has 0 aliphatic carbocycles. The lowest BCUT2D eigenvalue weighted by molar-refractivity contribution is -0.137. The molecule has 34 heavy (non-hydrogen) atoms. The van der Waals surface area contributed by atoms with Crippen molar-refractivity contribution in [2.24, 2.45) is 11.1 Å². The summed E-state index contributed by atoms with van der Waals surface area (Å²) in [5.74, 6) is -1.32. The SMILES string of the molecule is NC(=O)C1(CNc2ncnc(N3CCOC[C@@H]3c3ccc(C(F)(F)F)cc3)c2F)CCOCC1. The van der Waals surface area contributed by atoms with E-state index in [2.05, 4.69) is 15.3 Å². The van der Waals surface area contributed by atoms with Gasteiger partial charge < -0.3 is 25.4 Å². The van der Waals surface area contributed by atoms with E-state index in [-0.39, 0.29) is 31.3 Å². The summed E-state index contributed by atoms with van der Waals surface area (Å²) in [6.07, 6.45) is -2.43. The van der Waals surface area contributed by atoms with Crippen molar-refractivity contribution in [3.8, 4) is 0 Å². The Kier molecular flexibility index (Phi) is 6.89. The van der Waals surface area contributed by atoms with Crippen LogP contribution in [-0.2, 0) is 20.4 Å². The van der Waals surface area contributed by atoms with Crippen LogP contribution in [0.1, 0.15) is 30.0 Å². The third-order valence-electron chi connectivity index (χ3n) is 6.36. The second-order valence-electron chi connectivity index (χ2n) is 8.37. The summed E-state index contributed by atoms with van der Waals surface area (Å²) in [6, 6.07) is 4.15. The number of alkyl halides is 3. The second-order valence-corrected chi connectivity index (χ2v) is 8.37. The Morgan fingerprint density at radius 2 is 1.85 bits per heavy atom. The molecule has 2 fully saturated rings. The first kappa shape index (κ1) is 24.1. The van der Waals surface area contributed by atoms with Crippen LogP contribution < -0.4 is 16.0 Å². The molecule has 2 saturated heterocycles. The second kappa shape index (κ2) is 9.71. The number of carbonyl (C=O) groups is 1. The monoisotopic (exact) mass is 483 g/mol. The van der Waals surface area contributed by atoms with Crippen LogP contribution >= 0.6 is 0 Å². The van der Waals surface area contributed by atoms with Gasteiger partial charge in [0.1, 0.15) is 6.33 Å². The van der Waals surface area contributed by atoms with Crippen LogP contribution in [0, 0.1) is 11.2 Å². The van der Waals surface area contributed by atoms with Crippen LogP contribution in [0.3, 0.4) is 0 Å². The van der Waals surface area contributed by atoms with Gasteiger partial charge in [-0.3, -0.25) is 4.79 Å². The quantitative estimate of drug-likeness (QED) is 0.609. The molecule has 2 aliphatic heterocycles. The van der Waals surface area contributed by atoms with Gasteiger partial charge in [0.2, 0.25) is 11.7 Å². The molecular weight excluding hydrogens is 458 g/mol. The van der Waals surface area contributed by atoms with Gasteiger partial charge in [-0.1, -0.05) is 12.1 Å². The lowest BCUT2D eigenvalue weighted by atomic mass is 9.79. The highest BCUT2D eigenvalue weighted by atomic mass is 19.4. The number of primary amides is 1. The van der Waals surface area contributed by atoms with Crippen LogP contribution in [0.5, 0.6) is 0 Å². The number of nitrogens with two attached hydrogens (primary N) is 1. The first-order valence-corrected chi connectivity index (χ1v) is 10.8. The van der Waals surface area contributed by atoms with Crippen LogP contribution in [0.15, 0.2) is 30.6 Å². The number of amides is 1. The van der Waals surface area contributed by atoms with Crippen molar-refractivity contribution in [1.29, 1.82) is 0 Å². The van der Waals surface area contributed by atoms with Crippen molar-refractivity contribution in [2.75, 3.05) is 49.7 Å². The number of nitrogens with one attached hydrogen (secondary N) is 1. The molecule has 3 heterocycles. The molecule has 0 radical (unpaired) electrons. The number of morpholine rings is 1. The van der Waals surface area contributed by atoms with Gasteiger partial charge in [-0.05, 0) is 30.5 Å². The zero-order chi connectivity index (χ0) is 24.3.